The number of fused-ring (bicyclic) bond motifs is 7. The molecular formula is C13H14Cl4O6S. The van der Waals surface area contributed by atoms with Gasteiger partial charge in [0.05, 0.1) is 22.4 Å². The van der Waals surface area contributed by atoms with Gasteiger partial charge in [-0.1, -0.05) is 23.2 Å². The molecule has 1 saturated heterocycles. The quantitative estimate of drug-likeness (QED) is 0.288. The van der Waals surface area contributed by atoms with E-state index in [0.29, 0.717) is 0 Å². The average molecular weight is 440 g/mol. The summed E-state index contributed by atoms with van der Waals surface area (Å²) < 4.78 is 45.4. The fourth-order valence-electron chi connectivity index (χ4n) is 4.85. The maximum absolute atomic E-state index is 11.7. The van der Waals surface area contributed by atoms with Gasteiger partial charge in [-0.15, -0.1) is 23.2 Å². The van der Waals surface area contributed by atoms with Crippen LogP contribution in [-0.2, 0) is 28.5 Å². The lowest BCUT2D eigenvalue weighted by Gasteiger charge is -2.42. The second-order valence-corrected chi connectivity index (χ2v) is 10.0. The predicted octanol–water partition coefficient (Wildman–Crippen LogP) is 2.01. The Hall–Kier alpha value is 0.690. The number of rotatable bonds is 4. The standard InChI is InChI=1S/C13H14Cl4O6S/c1-20-13(21-2)11(16)4-5(12(13,17)10(15)9(11)14)7(8-6(4)22-8)23-24(3,18)19/h4-8H,1-3H3/t4-,5+,6+,7-,8+,11+,12-/m0/s1. The second kappa shape index (κ2) is 4.94. The number of hydrogen-bond acceptors (Lipinski definition) is 6. The van der Waals surface area contributed by atoms with Gasteiger partial charge in [0.1, 0.15) is 22.0 Å². The van der Waals surface area contributed by atoms with Crippen LogP contribution in [0.3, 0.4) is 0 Å². The van der Waals surface area contributed by atoms with E-state index in [0.717, 1.165) is 6.26 Å². The van der Waals surface area contributed by atoms with E-state index >= 15 is 0 Å². The molecule has 3 fully saturated rings. The van der Waals surface area contributed by atoms with Crippen LogP contribution in [0.1, 0.15) is 0 Å². The third-order valence-corrected chi connectivity index (χ3v) is 8.76. The number of hydrogen-bond donors (Lipinski definition) is 0. The molecule has 24 heavy (non-hydrogen) atoms. The summed E-state index contributed by atoms with van der Waals surface area (Å²) in [7, 11) is -0.983. The molecule has 0 unspecified atom stereocenters. The van der Waals surface area contributed by atoms with Gasteiger partial charge in [0.25, 0.3) is 10.1 Å². The number of ether oxygens (including phenoxy) is 3. The molecule has 3 aliphatic carbocycles. The van der Waals surface area contributed by atoms with Crippen LogP contribution < -0.4 is 0 Å². The zero-order chi connectivity index (χ0) is 17.9. The minimum atomic E-state index is -3.75. The van der Waals surface area contributed by atoms with Crippen molar-refractivity contribution in [1.82, 2.24) is 0 Å². The first-order valence-electron chi connectivity index (χ1n) is 7.09. The Bertz CT molecular complexity index is 752. The van der Waals surface area contributed by atoms with Crippen molar-refractivity contribution in [1.29, 1.82) is 0 Å². The highest BCUT2D eigenvalue weighted by Crippen LogP contribution is 2.79. The highest BCUT2D eigenvalue weighted by Gasteiger charge is 2.91. The molecule has 0 amide bonds. The number of epoxide rings is 1. The van der Waals surface area contributed by atoms with Crippen molar-refractivity contribution in [2.75, 3.05) is 20.5 Å². The summed E-state index contributed by atoms with van der Waals surface area (Å²) in [5.41, 5.74) is 0. The molecule has 0 aromatic heterocycles. The minimum absolute atomic E-state index is 0.0779. The Kier molecular flexibility index (Phi) is 3.72. The van der Waals surface area contributed by atoms with Gasteiger partial charge in [-0.25, -0.2) is 0 Å². The van der Waals surface area contributed by atoms with Crippen LogP contribution in [0.25, 0.3) is 0 Å². The Morgan fingerprint density at radius 2 is 1.50 bits per heavy atom. The van der Waals surface area contributed by atoms with Crippen molar-refractivity contribution in [3.8, 4) is 0 Å². The Morgan fingerprint density at radius 1 is 1.00 bits per heavy atom. The van der Waals surface area contributed by atoms with Crippen molar-refractivity contribution in [3.63, 3.8) is 0 Å². The van der Waals surface area contributed by atoms with Crippen molar-refractivity contribution in [2.45, 2.75) is 33.8 Å². The first-order valence-corrected chi connectivity index (χ1v) is 10.4. The van der Waals surface area contributed by atoms with E-state index in [1.54, 1.807) is 0 Å². The number of methoxy groups -OCH3 is 2. The SMILES string of the molecule is COC1(OC)[C@@]2(Cl)C(Cl)=C(Cl)[C@]1(Cl)[C@@H]1[C@H]3O[C@H]3[C@@H](OS(C)(=O)=O)[C@@H]12. The molecule has 0 radical (unpaired) electrons. The third kappa shape index (κ3) is 1.68. The van der Waals surface area contributed by atoms with Gasteiger partial charge in [0.15, 0.2) is 0 Å². The van der Waals surface area contributed by atoms with E-state index in [2.05, 4.69) is 0 Å². The summed E-state index contributed by atoms with van der Waals surface area (Å²) in [4.78, 5) is -2.90. The topological polar surface area (TPSA) is 74.4 Å². The maximum atomic E-state index is 11.7. The van der Waals surface area contributed by atoms with Crippen LogP contribution in [0.15, 0.2) is 10.1 Å². The Balaban J connectivity index is 1.92. The molecule has 11 heteroatoms. The summed E-state index contributed by atoms with van der Waals surface area (Å²) in [5, 5.41) is 0.203. The van der Waals surface area contributed by atoms with Crippen molar-refractivity contribution >= 4 is 56.5 Å². The monoisotopic (exact) mass is 438 g/mol. The van der Waals surface area contributed by atoms with E-state index in [4.69, 9.17) is 64.8 Å². The van der Waals surface area contributed by atoms with Gasteiger partial charge in [-0.3, -0.25) is 4.18 Å². The first kappa shape index (κ1) is 18.1. The molecule has 2 saturated carbocycles. The molecule has 4 aliphatic rings. The molecule has 7 atom stereocenters. The van der Waals surface area contributed by atoms with E-state index in [1.807, 2.05) is 0 Å². The lowest BCUT2D eigenvalue weighted by molar-refractivity contribution is -0.222. The molecule has 0 aromatic rings. The third-order valence-electron chi connectivity index (χ3n) is 5.55. The molecular weight excluding hydrogens is 426 g/mol. The van der Waals surface area contributed by atoms with Crippen LogP contribution in [0.5, 0.6) is 0 Å². The van der Waals surface area contributed by atoms with Crippen LogP contribution in [-0.4, -0.2) is 62.7 Å². The van der Waals surface area contributed by atoms with E-state index in [1.165, 1.54) is 14.2 Å². The lowest BCUT2D eigenvalue weighted by Crippen LogP contribution is -2.59. The summed E-state index contributed by atoms with van der Waals surface area (Å²) >= 11 is 26.7. The summed E-state index contributed by atoms with van der Waals surface area (Å²) in [6.45, 7) is 0. The Morgan fingerprint density at radius 3 is 1.96 bits per heavy atom. The highest BCUT2D eigenvalue weighted by atomic mass is 35.5. The number of alkyl halides is 2. The van der Waals surface area contributed by atoms with E-state index < -0.39 is 49.7 Å². The van der Waals surface area contributed by atoms with Crippen LogP contribution in [0.4, 0.5) is 0 Å². The fourth-order valence-corrected chi connectivity index (χ4v) is 7.74. The molecule has 2 bridgehead atoms. The lowest BCUT2D eigenvalue weighted by atomic mass is 9.83. The molecule has 1 heterocycles. The van der Waals surface area contributed by atoms with Crippen LogP contribution in [0.2, 0.25) is 0 Å². The first-order chi connectivity index (χ1) is 11.0. The smallest absolute Gasteiger partial charge is 0.264 e. The zero-order valence-corrected chi connectivity index (χ0v) is 16.6. The fraction of sp³-hybridized carbons (Fsp3) is 0.846. The molecule has 0 spiro atoms. The van der Waals surface area contributed by atoms with Crippen molar-refractivity contribution in [3.05, 3.63) is 10.1 Å². The van der Waals surface area contributed by atoms with E-state index in [9.17, 15) is 8.42 Å². The summed E-state index contributed by atoms with van der Waals surface area (Å²) in [6.07, 6.45) is -0.684. The van der Waals surface area contributed by atoms with Gasteiger partial charge < -0.3 is 14.2 Å². The largest absolute Gasteiger partial charge is 0.366 e. The number of halogens is 4. The molecule has 4 rings (SSSR count). The van der Waals surface area contributed by atoms with Crippen LogP contribution in [0, 0.1) is 11.8 Å². The normalized spacial score (nSPS) is 51.0. The predicted molar refractivity (Wildman–Crippen MR) is 88.0 cm³/mol. The van der Waals surface area contributed by atoms with Crippen molar-refractivity contribution < 1.29 is 26.8 Å². The van der Waals surface area contributed by atoms with Gasteiger partial charge >= 0.3 is 0 Å². The Labute approximate surface area is 159 Å². The second-order valence-electron chi connectivity index (χ2n) is 6.46. The molecule has 6 nitrogen and oxygen atoms in total. The molecule has 0 N–H and O–H groups in total. The molecule has 136 valence electrons. The molecule has 1 aliphatic heterocycles. The minimum Gasteiger partial charge on any atom is -0.366 e. The van der Waals surface area contributed by atoms with Gasteiger partial charge in [0, 0.05) is 26.1 Å². The molecule has 0 aromatic carbocycles. The van der Waals surface area contributed by atoms with Crippen molar-refractivity contribution in [2.24, 2.45) is 11.8 Å². The summed E-state index contributed by atoms with van der Waals surface area (Å²) in [5.74, 6) is -2.66. The maximum Gasteiger partial charge on any atom is 0.264 e. The van der Waals surface area contributed by atoms with Crippen LogP contribution >= 0.6 is 46.4 Å². The van der Waals surface area contributed by atoms with E-state index in [-0.39, 0.29) is 16.2 Å². The van der Waals surface area contributed by atoms with Gasteiger partial charge in [0.2, 0.25) is 5.79 Å². The zero-order valence-electron chi connectivity index (χ0n) is 12.8. The summed E-state index contributed by atoms with van der Waals surface area (Å²) in [6, 6.07) is 0. The van der Waals surface area contributed by atoms with Gasteiger partial charge in [-0.05, 0) is 0 Å². The average Bonchev–Trinajstić information content (AvgIpc) is 3.15. The highest BCUT2D eigenvalue weighted by molar-refractivity contribution is 7.86. The van der Waals surface area contributed by atoms with Gasteiger partial charge in [-0.2, -0.15) is 8.42 Å².